The Kier molecular flexibility index (Phi) is 6.16. The predicted molar refractivity (Wildman–Crippen MR) is 130 cm³/mol. The van der Waals surface area contributed by atoms with E-state index in [9.17, 15) is 23.5 Å². The van der Waals surface area contributed by atoms with Gasteiger partial charge >= 0.3 is 0 Å². The minimum Gasteiger partial charge on any atom is -0.506 e. The fourth-order valence-corrected chi connectivity index (χ4v) is 4.26. The molecular formula is C28H21F2N3O3. The van der Waals surface area contributed by atoms with Crippen LogP contribution in [-0.4, -0.2) is 20.6 Å². The Morgan fingerprint density at radius 3 is 2.72 bits per heavy atom. The molecule has 2 aromatic carbocycles. The van der Waals surface area contributed by atoms with Gasteiger partial charge in [0, 0.05) is 24.7 Å². The van der Waals surface area contributed by atoms with E-state index in [1.165, 1.54) is 29.1 Å². The highest BCUT2D eigenvalue weighted by Crippen LogP contribution is 2.33. The molecule has 180 valence electrons. The smallest absolute Gasteiger partial charge is 0.263 e. The molecule has 6 nitrogen and oxygen atoms in total. The maximum Gasteiger partial charge on any atom is 0.263 e. The number of nitrogens with zero attached hydrogens (tertiary/aromatic N) is 2. The van der Waals surface area contributed by atoms with Gasteiger partial charge in [0.1, 0.15) is 11.3 Å². The van der Waals surface area contributed by atoms with Crippen LogP contribution in [0.3, 0.4) is 0 Å². The van der Waals surface area contributed by atoms with Gasteiger partial charge in [-0.2, -0.15) is 0 Å². The van der Waals surface area contributed by atoms with Crippen molar-refractivity contribution in [2.24, 2.45) is 0 Å². The third-order valence-electron chi connectivity index (χ3n) is 6.04. The van der Waals surface area contributed by atoms with E-state index in [0.29, 0.717) is 12.0 Å². The van der Waals surface area contributed by atoms with Gasteiger partial charge in [0.2, 0.25) is 0 Å². The minimum absolute atomic E-state index is 0.000194. The number of halogens is 2. The second-order valence-electron chi connectivity index (χ2n) is 8.50. The number of rotatable bonds is 6. The highest BCUT2D eigenvalue weighted by Gasteiger charge is 2.18. The van der Waals surface area contributed by atoms with E-state index in [1.807, 2.05) is 30.3 Å². The number of carbonyl (C=O) groups excluding carboxylic acids is 1. The number of aromatic hydroxyl groups is 1. The lowest BCUT2D eigenvalue weighted by molar-refractivity contribution is 0.0948. The number of nitrogens with one attached hydrogen (secondary N) is 1. The summed E-state index contributed by atoms with van der Waals surface area (Å²) < 4.78 is 28.0. The van der Waals surface area contributed by atoms with Crippen LogP contribution in [0.2, 0.25) is 0 Å². The Labute approximate surface area is 205 Å². The molecule has 1 amide bonds. The van der Waals surface area contributed by atoms with Gasteiger partial charge in [-0.3, -0.25) is 14.6 Å². The van der Waals surface area contributed by atoms with Crippen molar-refractivity contribution >= 4 is 11.5 Å². The first-order valence-electron chi connectivity index (χ1n) is 11.3. The molecule has 2 aromatic heterocycles. The largest absolute Gasteiger partial charge is 0.506 e. The lowest BCUT2D eigenvalue weighted by Crippen LogP contribution is -2.32. The van der Waals surface area contributed by atoms with Crippen LogP contribution in [0.15, 0.2) is 83.9 Å². The maximum absolute atomic E-state index is 13.5. The van der Waals surface area contributed by atoms with E-state index in [-0.39, 0.29) is 24.4 Å². The number of pyridine rings is 2. The molecule has 0 bridgehead atoms. The third kappa shape index (κ3) is 4.65. The van der Waals surface area contributed by atoms with E-state index in [2.05, 4.69) is 10.3 Å². The fraction of sp³-hybridized carbons (Fsp3) is 0.107. The van der Waals surface area contributed by atoms with Gasteiger partial charge in [-0.25, -0.2) is 8.78 Å². The average molecular weight is 485 g/mol. The van der Waals surface area contributed by atoms with E-state index >= 15 is 0 Å². The van der Waals surface area contributed by atoms with Crippen molar-refractivity contribution in [3.63, 3.8) is 0 Å². The quantitative estimate of drug-likeness (QED) is 0.429. The number of benzene rings is 2. The average Bonchev–Trinajstić information content (AvgIpc) is 3.29. The van der Waals surface area contributed by atoms with Crippen LogP contribution in [0.25, 0.3) is 5.57 Å². The van der Waals surface area contributed by atoms with Crippen molar-refractivity contribution < 1.29 is 18.7 Å². The monoisotopic (exact) mass is 485 g/mol. The summed E-state index contributed by atoms with van der Waals surface area (Å²) in [6.07, 6.45) is 5.64. The first kappa shape index (κ1) is 23.2. The molecule has 0 aliphatic heterocycles. The van der Waals surface area contributed by atoms with Crippen LogP contribution in [-0.2, 0) is 19.5 Å². The summed E-state index contributed by atoms with van der Waals surface area (Å²) in [5, 5.41) is 12.6. The van der Waals surface area contributed by atoms with Gasteiger partial charge in [0.05, 0.1) is 18.4 Å². The molecule has 2 heterocycles. The maximum atomic E-state index is 13.5. The molecule has 2 N–H and O–H groups in total. The van der Waals surface area contributed by atoms with Crippen molar-refractivity contribution in [1.29, 1.82) is 0 Å². The highest BCUT2D eigenvalue weighted by molar-refractivity contribution is 5.93. The van der Waals surface area contributed by atoms with Crippen LogP contribution in [0.5, 0.6) is 5.75 Å². The SMILES string of the molecule is O=C(NCc1cccc(C2=CCc3ncc(O)cc32)c1)c1cccn(Cc2ccc(F)c(F)c2)c1=O. The molecule has 0 fully saturated rings. The Hall–Kier alpha value is -4.59. The molecule has 0 radical (unpaired) electrons. The first-order valence-corrected chi connectivity index (χ1v) is 11.3. The molecule has 0 atom stereocenters. The van der Waals surface area contributed by atoms with Crippen LogP contribution < -0.4 is 10.9 Å². The van der Waals surface area contributed by atoms with E-state index in [1.54, 1.807) is 12.1 Å². The zero-order chi connectivity index (χ0) is 25.2. The van der Waals surface area contributed by atoms with Crippen molar-refractivity contribution in [3.8, 4) is 5.75 Å². The van der Waals surface area contributed by atoms with Crippen molar-refractivity contribution in [2.45, 2.75) is 19.5 Å². The molecule has 0 unspecified atom stereocenters. The van der Waals surface area contributed by atoms with Crippen LogP contribution >= 0.6 is 0 Å². The molecule has 0 saturated carbocycles. The fourth-order valence-electron chi connectivity index (χ4n) is 4.26. The van der Waals surface area contributed by atoms with Gasteiger partial charge < -0.3 is 15.0 Å². The number of aromatic nitrogens is 2. The summed E-state index contributed by atoms with van der Waals surface area (Å²) in [5.74, 6) is -2.40. The van der Waals surface area contributed by atoms with Crippen LogP contribution in [0.1, 0.15) is 38.3 Å². The zero-order valence-corrected chi connectivity index (χ0v) is 19.0. The lowest BCUT2D eigenvalue weighted by atomic mass is 9.99. The summed E-state index contributed by atoms with van der Waals surface area (Å²) in [5.41, 5.74) is 4.32. The van der Waals surface area contributed by atoms with Crippen LogP contribution in [0, 0.1) is 11.6 Å². The standard InChI is InChI=1S/C28H21F2N3O3/c29-24-8-6-18(12-25(24)30)16-33-10-2-5-22(28(33)36)27(35)32-14-17-3-1-4-19(11-17)21-7-9-26-23(21)13-20(34)15-31-26/h1-8,10-13,15,34H,9,14,16H2,(H,32,35). The zero-order valence-electron chi connectivity index (χ0n) is 19.0. The highest BCUT2D eigenvalue weighted by atomic mass is 19.2. The van der Waals surface area contributed by atoms with E-state index < -0.39 is 23.1 Å². The third-order valence-corrected chi connectivity index (χ3v) is 6.04. The Balaban J connectivity index is 1.30. The number of fused-ring (bicyclic) bond motifs is 1. The topological polar surface area (TPSA) is 84.2 Å². The molecule has 5 rings (SSSR count). The normalized spacial score (nSPS) is 12.2. The molecule has 1 aliphatic rings. The van der Waals surface area contributed by atoms with Gasteiger partial charge in [0.25, 0.3) is 11.5 Å². The minimum atomic E-state index is -0.999. The Morgan fingerprint density at radius 2 is 1.89 bits per heavy atom. The number of allylic oxidation sites excluding steroid dienone is 1. The van der Waals surface area contributed by atoms with Gasteiger partial charge in [-0.1, -0.05) is 30.3 Å². The first-order chi connectivity index (χ1) is 17.4. The van der Waals surface area contributed by atoms with Gasteiger partial charge in [-0.05, 0) is 58.7 Å². The molecule has 36 heavy (non-hydrogen) atoms. The molecule has 1 aliphatic carbocycles. The molecule has 0 spiro atoms. The second-order valence-corrected chi connectivity index (χ2v) is 8.50. The molecular weight excluding hydrogens is 464 g/mol. The lowest BCUT2D eigenvalue weighted by Gasteiger charge is -2.11. The summed E-state index contributed by atoms with van der Waals surface area (Å²) >= 11 is 0. The van der Waals surface area contributed by atoms with E-state index in [4.69, 9.17) is 0 Å². The van der Waals surface area contributed by atoms with E-state index in [0.717, 1.165) is 40.1 Å². The number of carbonyl (C=O) groups is 1. The summed E-state index contributed by atoms with van der Waals surface area (Å²) in [4.78, 5) is 29.9. The Morgan fingerprint density at radius 1 is 1.03 bits per heavy atom. The van der Waals surface area contributed by atoms with Gasteiger partial charge in [0.15, 0.2) is 11.6 Å². The number of hydrogen-bond acceptors (Lipinski definition) is 4. The van der Waals surface area contributed by atoms with Crippen molar-refractivity contribution in [2.75, 3.05) is 0 Å². The van der Waals surface area contributed by atoms with Gasteiger partial charge in [-0.15, -0.1) is 0 Å². The number of amides is 1. The molecule has 4 aromatic rings. The second kappa shape index (κ2) is 9.58. The summed E-state index contributed by atoms with van der Waals surface area (Å²) in [6, 6.07) is 15.7. The summed E-state index contributed by atoms with van der Waals surface area (Å²) in [6.45, 7) is 0.197. The van der Waals surface area contributed by atoms with Crippen molar-refractivity contribution in [1.82, 2.24) is 14.9 Å². The van der Waals surface area contributed by atoms with Crippen molar-refractivity contribution in [3.05, 3.63) is 135 Å². The van der Waals surface area contributed by atoms with Crippen LogP contribution in [0.4, 0.5) is 8.78 Å². The summed E-state index contributed by atoms with van der Waals surface area (Å²) in [7, 11) is 0. The predicted octanol–water partition coefficient (Wildman–Crippen LogP) is 4.19. The molecule has 8 heteroatoms. The Bertz CT molecular complexity index is 1580. The number of hydrogen-bond donors (Lipinski definition) is 2. The molecule has 0 saturated heterocycles.